The third kappa shape index (κ3) is 4.88. The van der Waals surface area contributed by atoms with E-state index in [-0.39, 0.29) is 5.91 Å². The highest BCUT2D eigenvalue weighted by Crippen LogP contribution is 2.10. The Bertz CT molecular complexity index is 666. The third-order valence-corrected chi connectivity index (χ3v) is 4.23. The van der Waals surface area contributed by atoms with Crippen LogP contribution in [-0.2, 0) is 11.3 Å². The molecule has 0 radical (unpaired) electrons. The van der Waals surface area contributed by atoms with Crippen LogP contribution in [0.1, 0.15) is 11.1 Å². The van der Waals surface area contributed by atoms with Crippen molar-refractivity contribution >= 4 is 11.6 Å². The van der Waals surface area contributed by atoms with Crippen molar-refractivity contribution < 1.29 is 4.79 Å². The van der Waals surface area contributed by atoms with Crippen LogP contribution >= 0.6 is 0 Å². The van der Waals surface area contributed by atoms with E-state index in [1.54, 1.807) is 0 Å². The van der Waals surface area contributed by atoms with Gasteiger partial charge in [0.15, 0.2) is 0 Å². The molecule has 0 aliphatic carbocycles. The monoisotopic (exact) mass is 324 g/mol. The molecule has 0 atom stereocenters. The zero-order chi connectivity index (χ0) is 16.8. The van der Waals surface area contributed by atoms with Crippen molar-refractivity contribution in [3.8, 4) is 0 Å². The molecule has 1 aromatic heterocycles. The van der Waals surface area contributed by atoms with Gasteiger partial charge in [-0.2, -0.15) is 0 Å². The fourth-order valence-electron chi connectivity index (χ4n) is 2.99. The number of amides is 1. The Balaban J connectivity index is 1.42. The van der Waals surface area contributed by atoms with Crippen LogP contribution in [0, 0.1) is 6.92 Å². The number of benzene rings is 1. The maximum Gasteiger partial charge on any atom is 0.238 e. The van der Waals surface area contributed by atoms with Crippen molar-refractivity contribution in [3.05, 3.63) is 59.9 Å². The molecular formula is C19H24N4O. The van der Waals surface area contributed by atoms with E-state index in [1.807, 2.05) is 42.7 Å². The Morgan fingerprint density at radius 1 is 1.08 bits per heavy atom. The summed E-state index contributed by atoms with van der Waals surface area (Å²) in [5.74, 6) is 0.0533. The van der Waals surface area contributed by atoms with Crippen LogP contribution < -0.4 is 5.32 Å². The number of rotatable bonds is 5. The van der Waals surface area contributed by atoms with Crippen molar-refractivity contribution in [2.24, 2.45) is 0 Å². The highest BCUT2D eigenvalue weighted by atomic mass is 16.2. The van der Waals surface area contributed by atoms with Gasteiger partial charge >= 0.3 is 0 Å². The van der Waals surface area contributed by atoms with Gasteiger partial charge < -0.3 is 5.32 Å². The van der Waals surface area contributed by atoms with E-state index in [4.69, 9.17) is 0 Å². The standard InChI is InChI=1S/C19H24N4O/c1-16-11-17(13-20-12-16)14-22-7-9-23(10-8-22)15-19(24)21-18-5-3-2-4-6-18/h2-6,11-13H,7-10,14-15H2,1H3,(H,21,24). The van der Waals surface area contributed by atoms with E-state index < -0.39 is 0 Å². The summed E-state index contributed by atoms with van der Waals surface area (Å²) in [6, 6.07) is 11.8. The largest absolute Gasteiger partial charge is 0.325 e. The Morgan fingerprint density at radius 2 is 1.79 bits per heavy atom. The number of aromatic nitrogens is 1. The zero-order valence-electron chi connectivity index (χ0n) is 14.1. The Labute approximate surface area is 143 Å². The molecule has 1 fully saturated rings. The lowest BCUT2D eigenvalue weighted by molar-refractivity contribution is -0.117. The first-order valence-corrected chi connectivity index (χ1v) is 8.39. The molecule has 0 spiro atoms. The van der Waals surface area contributed by atoms with Crippen LogP contribution in [0.25, 0.3) is 0 Å². The summed E-state index contributed by atoms with van der Waals surface area (Å²) in [4.78, 5) is 21.0. The zero-order valence-corrected chi connectivity index (χ0v) is 14.1. The minimum Gasteiger partial charge on any atom is -0.325 e. The molecule has 3 rings (SSSR count). The molecule has 1 saturated heterocycles. The molecule has 1 amide bonds. The van der Waals surface area contributed by atoms with Crippen molar-refractivity contribution in [1.82, 2.24) is 14.8 Å². The van der Waals surface area contributed by atoms with E-state index in [9.17, 15) is 4.79 Å². The summed E-state index contributed by atoms with van der Waals surface area (Å²) in [5, 5.41) is 2.94. The predicted octanol–water partition coefficient (Wildman–Crippen LogP) is 2.15. The molecule has 2 heterocycles. The van der Waals surface area contributed by atoms with Gasteiger partial charge in [-0.3, -0.25) is 19.6 Å². The van der Waals surface area contributed by atoms with E-state index in [1.165, 1.54) is 11.1 Å². The lowest BCUT2D eigenvalue weighted by Crippen LogP contribution is -2.48. The number of nitrogens with zero attached hydrogens (tertiary/aromatic N) is 3. The lowest BCUT2D eigenvalue weighted by Gasteiger charge is -2.34. The number of para-hydroxylation sites is 1. The number of nitrogens with one attached hydrogen (secondary N) is 1. The van der Waals surface area contributed by atoms with E-state index in [0.717, 1.165) is 38.4 Å². The van der Waals surface area contributed by atoms with Crippen molar-refractivity contribution in [1.29, 1.82) is 0 Å². The fraction of sp³-hybridized carbons (Fsp3) is 0.368. The number of hydrogen-bond acceptors (Lipinski definition) is 4. The van der Waals surface area contributed by atoms with Crippen LogP contribution in [0.2, 0.25) is 0 Å². The maximum absolute atomic E-state index is 12.1. The van der Waals surface area contributed by atoms with Crippen LogP contribution in [0.5, 0.6) is 0 Å². The van der Waals surface area contributed by atoms with Crippen molar-refractivity contribution in [3.63, 3.8) is 0 Å². The maximum atomic E-state index is 12.1. The second kappa shape index (κ2) is 8.04. The van der Waals surface area contributed by atoms with Crippen LogP contribution in [0.4, 0.5) is 5.69 Å². The number of pyridine rings is 1. The predicted molar refractivity (Wildman–Crippen MR) is 95.8 cm³/mol. The Kier molecular flexibility index (Phi) is 5.56. The quantitative estimate of drug-likeness (QED) is 0.915. The molecule has 5 heteroatoms. The summed E-state index contributed by atoms with van der Waals surface area (Å²) in [6.45, 7) is 7.25. The van der Waals surface area contributed by atoms with Crippen molar-refractivity contribution in [2.75, 3.05) is 38.0 Å². The van der Waals surface area contributed by atoms with Gasteiger partial charge in [0.05, 0.1) is 6.54 Å². The first kappa shape index (κ1) is 16.6. The summed E-state index contributed by atoms with van der Waals surface area (Å²) >= 11 is 0. The first-order valence-electron chi connectivity index (χ1n) is 8.39. The molecule has 1 aliphatic rings. The molecule has 1 aliphatic heterocycles. The molecule has 5 nitrogen and oxygen atoms in total. The summed E-state index contributed by atoms with van der Waals surface area (Å²) in [5.41, 5.74) is 3.31. The van der Waals surface area contributed by atoms with Gasteiger partial charge in [0.1, 0.15) is 0 Å². The number of carbonyl (C=O) groups is 1. The summed E-state index contributed by atoms with van der Waals surface area (Å²) in [7, 11) is 0. The normalized spacial score (nSPS) is 16.0. The SMILES string of the molecule is Cc1cncc(CN2CCN(CC(=O)Nc3ccccc3)CC2)c1. The summed E-state index contributed by atoms with van der Waals surface area (Å²) < 4.78 is 0. The van der Waals surface area contributed by atoms with Gasteiger partial charge in [-0.25, -0.2) is 0 Å². The fourth-order valence-corrected chi connectivity index (χ4v) is 2.99. The second-order valence-electron chi connectivity index (χ2n) is 6.34. The minimum absolute atomic E-state index is 0.0533. The molecule has 1 aromatic carbocycles. The highest BCUT2D eigenvalue weighted by Gasteiger charge is 2.19. The lowest BCUT2D eigenvalue weighted by atomic mass is 10.2. The van der Waals surface area contributed by atoms with E-state index >= 15 is 0 Å². The molecule has 24 heavy (non-hydrogen) atoms. The number of carbonyl (C=O) groups excluding carboxylic acids is 1. The molecule has 2 aromatic rings. The summed E-state index contributed by atoms with van der Waals surface area (Å²) in [6.07, 6.45) is 3.82. The smallest absolute Gasteiger partial charge is 0.238 e. The Morgan fingerprint density at radius 3 is 2.50 bits per heavy atom. The minimum atomic E-state index is 0.0533. The molecule has 1 N–H and O–H groups in total. The average Bonchev–Trinajstić information content (AvgIpc) is 2.57. The number of piperazine rings is 1. The van der Waals surface area contributed by atoms with Crippen LogP contribution in [0.3, 0.4) is 0 Å². The van der Waals surface area contributed by atoms with Gasteiger partial charge in [0, 0.05) is 50.8 Å². The van der Waals surface area contributed by atoms with E-state index in [0.29, 0.717) is 6.54 Å². The highest BCUT2D eigenvalue weighted by molar-refractivity contribution is 5.92. The molecule has 0 unspecified atom stereocenters. The topological polar surface area (TPSA) is 48.5 Å². The van der Waals surface area contributed by atoms with Gasteiger partial charge in [-0.15, -0.1) is 0 Å². The molecular weight excluding hydrogens is 300 g/mol. The van der Waals surface area contributed by atoms with E-state index in [2.05, 4.69) is 33.1 Å². The van der Waals surface area contributed by atoms with Gasteiger partial charge in [-0.1, -0.05) is 24.3 Å². The molecule has 0 saturated carbocycles. The van der Waals surface area contributed by atoms with Gasteiger partial charge in [0.2, 0.25) is 5.91 Å². The Hall–Kier alpha value is -2.24. The van der Waals surface area contributed by atoms with Crippen LogP contribution in [-0.4, -0.2) is 53.4 Å². The number of aryl methyl sites for hydroxylation is 1. The third-order valence-electron chi connectivity index (χ3n) is 4.23. The second-order valence-corrected chi connectivity index (χ2v) is 6.34. The molecule has 0 bridgehead atoms. The van der Waals surface area contributed by atoms with Crippen molar-refractivity contribution in [2.45, 2.75) is 13.5 Å². The number of anilines is 1. The first-order chi connectivity index (χ1) is 11.7. The molecule has 126 valence electrons. The average molecular weight is 324 g/mol. The van der Waals surface area contributed by atoms with Gasteiger partial charge in [-0.05, 0) is 30.2 Å². The van der Waals surface area contributed by atoms with Crippen LogP contribution in [0.15, 0.2) is 48.8 Å². The van der Waals surface area contributed by atoms with Gasteiger partial charge in [0.25, 0.3) is 0 Å². The number of hydrogen-bond donors (Lipinski definition) is 1.